The van der Waals surface area contributed by atoms with Gasteiger partial charge in [-0.3, -0.25) is 0 Å². The molecule has 0 spiro atoms. The summed E-state index contributed by atoms with van der Waals surface area (Å²) in [7, 11) is 0. The molecule has 1 aliphatic carbocycles. The monoisotopic (exact) mass is 499 g/mol. The lowest BCUT2D eigenvalue weighted by Crippen LogP contribution is -2.23. The third-order valence-corrected chi connectivity index (χ3v) is 6.87. The number of benzene rings is 2. The van der Waals surface area contributed by atoms with E-state index in [0.717, 1.165) is 43.2 Å². The van der Waals surface area contributed by atoms with E-state index in [1.807, 2.05) is 18.2 Å². The maximum atomic E-state index is 6.61. The van der Waals surface area contributed by atoms with E-state index < -0.39 is 0 Å². The van der Waals surface area contributed by atoms with E-state index in [0.29, 0.717) is 5.92 Å². The van der Waals surface area contributed by atoms with Crippen molar-refractivity contribution in [2.45, 2.75) is 70.1 Å². The molecular formula is C26H30BrNO2S. The van der Waals surface area contributed by atoms with Crippen LogP contribution in [0.4, 0.5) is 0 Å². The molecule has 0 saturated heterocycles. The molecule has 3 aromatic rings. The third-order valence-electron chi connectivity index (χ3n) is 5.25. The van der Waals surface area contributed by atoms with Crippen LogP contribution in [0.1, 0.15) is 70.6 Å². The van der Waals surface area contributed by atoms with Crippen LogP contribution in [-0.4, -0.2) is 16.3 Å². The summed E-state index contributed by atoms with van der Waals surface area (Å²) in [4.78, 5) is 5.01. The molecule has 0 amide bonds. The molecule has 1 aromatic heterocycles. The minimum atomic E-state index is -0.298. The van der Waals surface area contributed by atoms with Crippen LogP contribution < -0.4 is 9.47 Å². The van der Waals surface area contributed by atoms with Gasteiger partial charge < -0.3 is 9.47 Å². The summed E-state index contributed by atoms with van der Waals surface area (Å²) in [5.41, 5.74) is 2.99. The van der Waals surface area contributed by atoms with Crippen molar-refractivity contribution in [3.63, 3.8) is 0 Å². The molecular weight excluding hydrogens is 470 g/mol. The molecule has 0 aliphatic heterocycles. The first-order valence-corrected chi connectivity index (χ1v) is 12.7. The molecule has 5 heteroatoms. The van der Waals surface area contributed by atoms with Gasteiger partial charge in [0.1, 0.15) is 28.0 Å². The van der Waals surface area contributed by atoms with Crippen molar-refractivity contribution < 1.29 is 9.47 Å². The molecule has 0 N–H and O–H groups in total. The number of hydrogen-bond acceptors (Lipinski definition) is 4. The lowest BCUT2D eigenvalue weighted by atomic mass is 10.0. The van der Waals surface area contributed by atoms with Crippen molar-refractivity contribution in [3.8, 4) is 11.5 Å². The van der Waals surface area contributed by atoms with E-state index in [1.165, 1.54) is 18.4 Å². The van der Waals surface area contributed by atoms with Crippen molar-refractivity contribution in [1.29, 1.82) is 0 Å². The van der Waals surface area contributed by atoms with Crippen LogP contribution in [0, 0.1) is 0 Å². The first-order valence-electron chi connectivity index (χ1n) is 11.0. The summed E-state index contributed by atoms with van der Waals surface area (Å²) >= 11 is 5.60. The quantitative estimate of drug-likeness (QED) is 0.305. The molecule has 1 heterocycles. The highest BCUT2D eigenvalue weighted by Gasteiger charge is 2.30. The molecule has 1 fully saturated rings. The predicted molar refractivity (Wildman–Crippen MR) is 134 cm³/mol. The van der Waals surface area contributed by atoms with E-state index >= 15 is 0 Å². The van der Waals surface area contributed by atoms with Crippen molar-refractivity contribution in [1.82, 2.24) is 4.98 Å². The van der Waals surface area contributed by atoms with E-state index in [4.69, 9.17) is 14.5 Å². The van der Waals surface area contributed by atoms with E-state index in [2.05, 4.69) is 74.8 Å². The predicted octanol–water partition coefficient (Wildman–Crippen LogP) is 8.30. The van der Waals surface area contributed by atoms with Crippen LogP contribution in [0.5, 0.6) is 11.5 Å². The summed E-state index contributed by atoms with van der Waals surface area (Å²) in [6.45, 7) is 10.5. The largest absolute Gasteiger partial charge is 0.487 e. The second kappa shape index (κ2) is 9.03. The van der Waals surface area contributed by atoms with Crippen molar-refractivity contribution in [2.24, 2.45) is 0 Å². The Hall–Kier alpha value is -1.72. The van der Waals surface area contributed by atoms with Crippen LogP contribution >= 0.6 is 27.7 Å². The topological polar surface area (TPSA) is 31.4 Å². The van der Waals surface area contributed by atoms with Gasteiger partial charge in [0.25, 0.3) is 0 Å². The minimum absolute atomic E-state index is 0.0913. The summed E-state index contributed by atoms with van der Waals surface area (Å²) in [6.07, 6.45) is 2.33. The lowest BCUT2D eigenvalue weighted by molar-refractivity contribution is 0.132. The lowest BCUT2D eigenvalue weighted by Gasteiger charge is -2.25. The third kappa shape index (κ3) is 5.20. The minimum Gasteiger partial charge on any atom is -0.487 e. The Morgan fingerprint density at radius 2 is 1.87 bits per heavy atom. The molecule has 1 saturated carbocycles. The first kappa shape index (κ1) is 22.5. The molecule has 31 heavy (non-hydrogen) atoms. The second-order valence-corrected chi connectivity index (χ2v) is 11.1. The number of nitrogens with zero attached hydrogens (tertiary/aromatic N) is 1. The number of halogens is 1. The average Bonchev–Trinajstić information content (AvgIpc) is 3.55. The van der Waals surface area contributed by atoms with Crippen LogP contribution in [0.15, 0.2) is 52.0 Å². The average molecular weight is 501 g/mol. The first-order chi connectivity index (χ1) is 14.8. The van der Waals surface area contributed by atoms with Crippen molar-refractivity contribution >= 4 is 38.6 Å². The molecule has 4 rings (SSSR count). The number of ether oxygens (including phenoxy) is 2. The van der Waals surface area contributed by atoms with Crippen LogP contribution in [0.2, 0.25) is 0 Å². The second-order valence-electron chi connectivity index (χ2n) is 9.06. The number of hydrogen-bond donors (Lipinski definition) is 0. The molecule has 1 atom stereocenters. The number of aromatic nitrogens is 1. The van der Waals surface area contributed by atoms with E-state index in [1.54, 1.807) is 11.8 Å². The van der Waals surface area contributed by atoms with Gasteiger partial charge >= 0.3 is 0 Å². The maximum absolute atomic E-state index is 6.61. The summed E-state index contributed by atoms with van der Waals surface area (Å²) < 4.78 is 14.1. The van der Waals surface area contributed by atoms with E-state index in [9.17, 15) is 0 Å². The fourth-order valence-electron chi connectivity index (χ4n) is 3.68. The van der Waals surface area contributed by atoms with Gasteiger partial charge in [-0.2, -0.15) is 0 Å². The zero-order valence-corrected chi connectivity index (χ0v) is 21.3. The van der Waals surface area contributed by atoms with Gasteiger partial charge in [0, 0.05) is 11.5 Å². The molecule has 0 unspecified atom stereocenters. The fourth-order valence-corrected chi connectivity index (χ4v) is 5.04. The highest BCUT2D eigenvalue weighted by Crippen LogP contribution is 2.50. The number of thioether (sulfide) groups is 1. The summed E-state index contributed by atoms with van der Waals surface area (Å²) in [5.74, 6) is 3.21. The highest BCUT2D eigenvalue weighted by molar-refractivity contribution is 9.10. The van der Waals surface area contributed by atoms with Gasteiger partial charge in [0.2, 0.25) is 0 Å². The van der Waals surface area contributed by atoms with Gasteiger partial charge in [-0.1, -0.05) is 37.3 Å². The Morgan fingerprint density at radius 3 is 2.48 bits per heavy atom. The van der Waals surface area contributed by atoms with E-state index in [-0.39, 0.29) is 11.7 Å². The van der Waals surface area contributed by atoms with Crippen LogP contribution in [-0.2, 0) is 0 Å². The molecule has 3 nitrogen and oxygen atoms in total. The molecule has 164 valence electrons. The Kier molecular flexibility index (Phi) is 6.55. The van der Waals surface area contributed by atoms with Gasteiger partial charge in [-0.25, -0.2) is 4.98 Å². The zero-order chi connectivity index (χ0) is 22.2. The Morgan fingerprint density at radius 1 is 1.16 bits per heavy atom. The van der Waals surface area contributed by atoms with Crippen LogP contribution in [0.3, 0.4) is 0 Å². The van der Waals surface area contributed by atoms with Gasteiger partial charge in [-0.05, 0) is 85.3 Å². The Balaban J connectivity index is 1.90. The molecule has 0 radical (unpaired) electrons. The zero-order valence-electron chi connectivity index (χ0n) is 18.9. The SMILES string of the molecule is CCSc1cc(OC(C)(C)C)c2cc(C3CC3)c(Br)c(O[C@@H](C)c3ccccc3)c2n1. The normalized spacial score (nSPS) is 15.2. The number of rotatable bonds is 7. The van der Waals surface area contributed by atoms with Gasteiger partial charge in [0.15, 0.2) is 5.75 Å². The van der Waals surface area contributed by atoms with Gasteiger partial charge in [-0.15, -0.1) is 11.8 Å². The molecule has 2 aromatic carbocycles. The molecule has 0 bridgehead atoms. The number of fused-ring (bicyclic) bond motifs is 1. The highest BCUT2D eigenvalue weighted by atomic mass is 79.9. The van der Waals surface area contributed by atoms with Crippen molar-refractivity contribution in [3.05, 3.63) is 58.1 Å². The Labute approximate surface area is 198 Å². The summed E-state index contributed by atoms with van der Waals surface area (Å²) in [5, 5.41) is 1.98. The fraction of sp³-hybridized carbons (Fsp3) is 0.423. The van der Waals surface area contributed by atoms with Gasteiger partial charge in [0.05, 0.1) is 4.47 Å². The standard InChI is InChI=1S/C26H30BrNO2S/c1-6-31-22-15-21(30-26(3,4)5)20-14-19(18-12-13-18)23(27)25(24(20)28-22)29-16(2)17-10-8-7-9-11-17/h7-11,14-16,18H,6,12-13H2,1-5H3/t16-/m0/s1. The van der Waals surface area contributed by atoms with Crippen LogP contribution in [0.25, 0.3) is 10.9 Å². The number of pyridine rings is 1. The smallest absolute Gasteiger partial charge is 0.161 e. The molecule has 1 aliphatic rings. The summed E-state index contributed by atoms with van der Waals surface area (Å²) in [6, 6.07) is 14.7. The Bertz CT molecular complexity index is 1070. The maximum Gasteiger partial charge on any atom is 0.161 e. The van der Waals surface area contributed by atoms with Crippen molar-refractivity contribution in [2.75, 3.05) is 5.75 Å².